The Morgan fingerprint density at radius 2 is 1.68 bits per heavy atom. The smallest absolute Gasteiger partial charge is 0.277 e. The molecule has 0 aliphatic carbocycles. The molecule has 6 nitrogen and oxygen atoms in total. The van der Waals surface area contributed by atoms with E-state index in [0.717, 1.165) is 24.0 Å². The lowest BCUT2D eigenvalue weighted by Crippen LogP contribution is -2.55. The van der Waals surface area contributed by atoms with E-state index in [1.165, 1.54) is 11.6 Å². The van der Waals surface area contributed by atoms with Gasteiger partial charge < -0.3 is 10.0 Å². The molecule has 1 aliphatic rings. The molecule has 160 valence electrons. The lowest BCUT2D eigenvalue weighted by molar-refractivity contribution is 0.0679. The highest BCUT2D eigenvalue weighted by atomic mass is 16.3. The van der Waals surface area contributed by atoms with Crippen molar-refractivity contribution in [2.45, 2.75) is 32.7 Å². The number of hydrogen-bond donors (Lipinski definition) is 1. The fourth-order valence-corrected chi connectivity index (χ4v) is 4.31. The van der Waals surface area contributed by atoms with Crippen LogP contribution in [0.2, 0.25) is 0 Å². The molecule has 3 aromatic rings. The first-order valence-electron chi connectivity index (χ1n) is 10.7. The summed E-state index contributed by atoms with van der Waals surface area (Å²) in [4.78, 5) is 27.0. The predicted octanol–water partition coefficient (Wildman–Crippen LogP) is 3.67. The molecule has 0 saturated carbocycles. The van der Waals surface area contributed by atoms with E-state index in [0.29, 0.717) is 13.2 Å². The number of aromatic hydroxyl groups is 1. The van der Waals surface area contributed by atoms with Crippen LogP contribution >= 0.6 is 0 Å². The van der Waals surface area contributed by atoms with Crippen molar-refractivity contribution in [2.75, 3.05) is 18.2 Å². The molecule has 0 spiro atoms. The van der Waals surface area contributed by atoms with Crippen LogP contribution in [-0.2, 0) is 6.42 Å². The number of fused-ring (bicyclic) bond motifs is 1. The molecule has 0 saturated heterocycles. The molecule has 2 heterocycles. The number of carbonyl (C=O) groups excluding carboxylic acids is 1. The number of aromatic nitrogens is 1. The van der Waals surface area contributed by atoms with Gasteiger partial charge in [0.2, 0.25) is 5.43 Å². The van der Waals surface area contributed by atoms with Gasteiger partial charge in [-0.25, -0.2) is 0 Å². The first-order chi connectivity index (χ1) is 15.1. The minimum atomic E-state index is -0.553. The van der Waals surface area contributed by atoms with Gasteiger partial charge in [-0.3, -0.25) is 19.3 Å². The average Bonchev–Trinajstić information content (AvgIpc) is 2.80. The molecule has 1 unspecified atom stereocenters. The van der Waals surface area contributed by atoms with Gasteiger partial charge in [-0.2, -0.15) is 0 Å². The average molecular weight is 418 g/mol. The number of benzene rings is 2. The van der Waals surface area contributed by atoms with Crippen LogP contribution in [-0.4, -0.2) is 33.8 Å². The van der Waals surface area contributed by atoms with E-state index in [9.17, 15) is 14.7 Å². The minimum absolute atomic E-state index is 0.0158. The summed E-state index contributed by atoms with van der Waals surface area (Å²) in [6, 6.07) is 19.5. The van der Waals surface area contributed by atoms with E-state index in [-0.39, 0.29) is 17.6 Å². The van der Waals surface area contributed by atoms with Gasteiger partial charge in [-0.1, -0.05) is 68.4 Å². The van der Waals surface area contributed by atoms with Crippen LogP contribution in [0.3, 0.4) is 0 Å². The second-order valence-electron chi connectivity index (χ2n) is 7.74. The number of carbonyl (C=O) groups is 1. The predicted molar refractivity (Wildman–Crippen MR) is 121 cm³/mol. The third-order valence-electron chi connectivity index (χ3n) is 5.77. The summed E-state index contributed by atoms with van der Waals surface area (Å²) in [6.45, 7) is 5.01. The van der Waals surface area contributed by atoms with Crippen LogP contribution in [0.4, 0.5) is 0 Å². The molecule has 0 fully saturated rings. The Balaban J connectivity index is 1.97. The molecular formula is C25H27N3O3. The first-order valence-corrected chi connectivity index (χ1v) is 10.7. The Morgan fingerprint density at radius 3 is 2.39 bits per heavy atom. The third kappa shape index (κ3) is 3.69. The highest BCUT2D eigenvalue weighted by Gasteiger charge is 2.36. The largest absolute Gasteiger partial charge is 0.502 e. The van der Waals surface area contributed by atoms with Crippen LogP contribution in [0.1, 0.15) is 53.5 Å². The normalized spacial score (nSPS) is 14.5. The molecule has 0 radical (unpaired) electrons. The van der Waals surface area contributed by atoms with E-state index in [1.807, 2.05) is 37.3 Å². The fourth-order valence-electron chi connectivity index (χ4n) is 4.31. The Bertz CT molecular complexity index is 1140. The highest BCUT2D eigenvalue weighted by Crippen LogP contribution is 2.33. The summed E-state index contributed by atoms with van der Waals surface area (Å²) in [5.74, 6) is -0.835. The first kappa shape index (κ1) is 20.7. The summed E-state index contributed by atoms with van der Waals surface area (Å²) in [7, 11) is 0. The molecule has 1 atom stereocenters. The van der Waals surface area contributed by atoms with E-state index >= 15 is 0 Å². The van der Waals surface area contributed by atoms with Gasteiger partial charge in [0.15, 0.2) is 11.4 Å². The zero-order valence-electron chi connectivity index (χ0n) is 17.9. The molecule has 31 heavy (non-hydrogen) atoms. The molecule has 6 heteroatoms. The second kappa shape index (κ2) is 8.68. The lowest BCUT2D eigenvalue weighted by atomic mass is 9.92. The monoisotopic (exact) mass is 417 g/mol. The Labute approximate surface area is 181 Å². The molecule has 4 rings (SSSR count). The van der Waals surface area contributed by atoms with E-state index in [4.69, 9.17) is 0 Å². The van der Waals surface area contributed by atoms with Crippen molar-refractivity contribution >= 4 is 5.91 Å². The number of aryl methyl sites for hydroxylation is 1. The van der Waals surface area contributed by atoms with Crippen molar-refractivity contribution in [1.29, 1.82) is 0 Å². The standard InChI is InChI=1S/C25H27N3O3/c1-3-15-26-17-28(27-16-14-21(29)24(30)23(27)25(26)31)22(19-11-6-5-7-12-19)20-13-9-8-10-18(20)4-2/h5-14,16,22,30H,3-4,15,17H2,1-2H3. The zero-order chi connectivity index (χ0) is 22.0. The van der Waals surface area contributed by atoms with Crippen molar-refractivity contribution in [3.8, 4) is 5.75 Å². The minimum Gasteiger partial charge on any atom is -0.502 e. The number of pyridine rings is 1. The van der Waals surface area contributed by atoms with E-state index in [2.05, 4.69) is 36.2 Å². The maximum absolute atomic E-state index is 13.1. The quantitative estimate of drug-likeness (QED) is 0.665. The maximum Gasteiger partial charge on any atom is 0.277 e. The van der Waals surface area contributed by atoms with Crippen LogP contribution in [0, 0.1) is 0 Å². The summed E-state index contributed by atoms with van der Waals surface area (Å²) < 4.78 is 1.65. The van der Waals surface area contributed by atoms with Crippen LogP contribution < -0.4 is 10.4 Å². The van der Waals surface area contributed by atoms with Gasteiger partial charge in [0.1, 0.15) is 6.67 Å². The Kier molecular flexibility index (Phi) is 5.80. The number of amides is 1. The van der Waals surface area contributed by atoms with Crippen molar-refractivity contribution in [2.24, 2.45) is 0 Å². The van der Waals surface area contributed by atoms with E-state index in [1.54, 1.807) is 15.8 Å². The maximum atomic E-state index is 13.1. The molecule has 2 aromatic carbocycles. The van der Waals surface area contributed by atoms with Crippen LogP contribution in [0.5, 0.6) is 5.75 Å². The summed E-state index contributed by atoms with van der Waals surface area (Å²) >= 11 is 0. The van der Waals surface area contributed by atoms with Gasteiger partial charge in [0.25, 0.3) is 5.91 Å². The topological polar surface area (TPSA) is 65.8 Å². The molecular weight excluding hydrogens is 390 g/mol. The third-order valence-corrected chi connectivity index (χ3v) is 5.77. The van der Waals surface area contributed by atoms with Gasteiger partial charge >= 0.3 is 0 Å². The second-order valence-corrected chi connectivity index (χ2v) is 7.74. The molecule has 1 aliphatic heterocycles. The van der Waals surface area contributed by atoms with Gasteiger partial charge in [0.05, 0.1) is 6.04 Å². The van der Waals surface area contributed by atoms with Gasteiger partial charge in [0, 0.05) is 18.8 Å². The van der Waals surface area contributed by atoms with Crippen molar-refractivity contribution in [3.05, 3.63) is 99.5 Å². The molecule has 1 N–H and O–H groups in total. The van der Waals surface area contributed by atoms with Crippen molar-refractivity contribution < 1.29 is 9.90 Å². The van der Waals surface area contributed by atoms with Crippen LogP contribution in [0.15, 0.2) is 71.7 Å². The highest BCUT2D eigenvalue weighted by molar-refractivity contribution is 5.96. The Morgan fingerprint density at radius 1 is 0.968 bits per heavy atom. The fraction of sp³-hybridized carbons (Fsp3) is 0.280. The van der Waals surface area contributed by atoms with Gasteiger partial charge in [-0.05, 0) is 29.5 Å². The lowest BCUT2D eigenvalue weighted by Gasteiger charge is -2.44. The van der Waals surface area contributed by atoms with Crippen LogP contribution in [0.25, 0.3) is 0 Å². The summed E-state index contributed by atoms with van der Waals surface area (Å²) in [5.41, 5.74) is 2.87. The summed E-state index contributed by atoms with van der Waals surface area (Å²) in [6.07, 6.45) is 3.23. The molecule has 1 aromatic heterocycles. The van der Waals surface area contributed by atoms with E-state index < -0.39 is 11.2 Å². The number of rotatable bonds is 6. The summed E-state index contributed by atoms with van der Waals surface area (Å²) in [5, 5.41) is 12.6. The number of hydrogen-bond acceptors (Lipinski definition) is 4. The van der Waals surface area contributed by atoms with Crippen molar-refractivity contribution in [1.82, 2.24) is 9.58 Å². The molecule has 1 amide bonds. The Hall–Kier alpha value is -3.54. The SMILES string of the molecule is CCCN1CN(C(c2ccccc2)c2ccccc2CC)n2ccc(=O)c(O)c2C1=O. The van der Waals surface area contributed by atoms with Crippen molar-refractivity contribution in [3.63, 3.8) is 0 Å². The zero-order valence-corrected chi connectivity index (χ0v) is 17.9. The number of nitrogens with zero attached hydrogens (tertiary/aromatic N) is 3. The molecule has 0 bridgehead atoms. The van der Waals surface area contributed by atoms with Gasteiger partial charge in [-0.15, -0.1) is 0 Å².